The summed E-state index contributed by atoms with van der Waals surface area (Å²) in [4.78, 5) is 12.5. The maximum absolute atomic E-state index is 10.2. The molecule has 0 saturated carbocycles. The normalized spacial score (nSPS) is 25.6. The van der Waals surface area contributed by atoms with Crippen molar-refractivity contribution in [3.05, 3.63) is 12.2 Å². The number of rotatable bonds is 6. The van der Waals surface area contributed by atoms with E-state index in [9.17, 15) is 20.4 Å². The molecule has 152 valence electrons. The van der Waals surface area contributed by atoms with Crippen molar-refractivity contribution in [1.82, 2.24) is 19.5 Å². The van der Waals surface area contributed by atoms with Crippen LogP contribution in [0.3, 0.4) is 0 Å². The number of aliphatic hydroxyl groups is 4. The minimum atomic E-state index is -1.28. The fraction of sp³-hybridized carbons (Fsp3) is 0.611. The number of anilines is 1. The summed E-state index contributed by atoms with van der Waals surface area (Å²) in [5.74, 6) is 5.62. The topological polar surface area (TPSA) is 160 Å². The first-order valence-corrected chi connectivity index (χ1v) is 9.28. The molecule has 0 amide bonds. The third-order valence-corrected chi connectivity index (χ3v) is 4.67. The van der Waals surface area contributed by atoms with Crippen molar-refractivity contribution in [2.75, 3.05) is 12.3 Å². The molecule has 0 radical (unpaired) electrons. The molecule has 0 aliphatic carbocycles. The van der Waals surface area contributed by atoms with Gasteiger partial charge in [-0.3, -0.25) is 4.57 Å². The highest BCUT2D eigenvalue weighted by Crippen LogP contribution is 2.31. The first-order valence-electron chi connectivity index (χ1n) is 9.28. The van der Waals surface area contributed by atoms with Crippen LogP contribution < -0.4 is 5.73 Å². The number of hydrogen-bond donors (Lipinski definition) is 5. The van der Waals surface area contributed by atoms with Gasteiger partial charge in [-0.1, -0.05) is 25.7 Å². The van der Waals surface area contributed by atoms with Gasteiger partial charge in [-0.25, -0.2) is 15.0 Å². The van der Waals surface area contributed by atoms with Crippen molar-refractivity contribution in [2.45, 2.75) is 63.3 Å². The Hall–Kier alpha value is -2.29. The zero-order valence-electron chi connectivity index (χ0n) is 15.6. The van der Waals surface area contributed by atoms with Crippen molar-refractivity contribution < 1.29 is 25.2 Å². The molecule has 0 spiro atoms. The zero-order chi connectivity index (χ0) is 20.3. The van der Waals surface area contributed by atoms with Crippen LogP contribution in [0.1, 0.15) is 44.7 Å². The van der Waals surface area contributed by atoms with Crippen molar-refractivity contribution in [3.63, 3.8) is 0 Å². The number of fused-ring (bicyclic) bond motifs is 1. The van der Waals surface area contributed by atoms with E-state index in [1.165, 1.54) is 10.9 Å². The van der Waals surface area contributed by atoms with Gasteiger partial charge in [0, 0.05) is 0 Å². The fourth-order valence-corrected chi connectivity index (χ4v) is 3.10. The zero-order valence-corrected chi connectivity index (χ0v) is 15.6. The minimum absolute atomic E-state index is 0.0975. The summed E-state index contributed by atoms with van der Waals surface area (Å²) in [6.07, 6.45) is -0.319. The van der Waals surface area contributed by atoms with Gasteiger partial charge in [0.25, 0.3) is 0 Å². The van der Waals surface area contributed by atoms with Crippen LogP contribution in [0.2, 0.25) is 0 Å². The molecule has 2 aromatic heterocycles. The molecule has 3 rings (SSSR count). The van der Waals surface area contributed by atoms with E-state index in [1.807, 2.05) is 0 Å². The number of nitrogens with zero attached hydrogens (tertiary/aromatic N) is 4. The summed E-state index contributed by atoms with van der Waals surface area (Å²) in [5, 5.41) is 39.4. The molecule has 3 heterocycles. The molecule has 10 heteroatoms. The van der Waals surface area contributed by atoms with Crippen LogP contribution in [-0.4, -0.2) is 71.0 Å². The van der Waals surface area contributed by atoms with Crippen molar-refractivity contribution >= 4 is 17.0 Å². The van der Waals surface area contributed by atoms with Crippen molar-refractivity contribution in [1.29, 1.82) is 0 Å². The van der Waals surface area contributed by atoms with E-state index in [2.05, 4.69) is 33.7 Å². The van der Waals surface area contributed by atoms with Crippen LogP contribution in [0.25, 0.3) is 11.2 Å². The number of ether oxygens (including phenoxy) is 1. The van der Waals surface area contributed by atoms with Gasteiger partial charge >= 0.3 is 0 Å². The number of imidazole rings is 1. The van der Waals surface area contributed by atoms with Gasteiger partial charge < -0.3 is 30.9 Å². The number of nitrogens with two attached hydrogens (primary N) is 1. The number of aliphatic hydroxyl groups excluding tert-OH is 4. The second-order valence-electron chi connectivity index (χ2n) is 6.77. The predicted molar refractivity (Wildman–Crippen MR) is 99.8 cm³/mol. The van der Waals surface area contributed by atoms with Crippen LogP contribution in [-0.2, 0) is 4.74 Å². The second kappa shape index (κ2) is 8.81. The molecule has 10 nitrogen and oxygen atoms in total. The molecule has 1 aliphatic heterocycles. The molecule has 0 bridgehead atoms. The standard InChI is InChI=1S/C18H25N5O5/c1-2-3-4-5-10(25)6-7-12-21-16(19)13-17(22-12)23(9-20-13)18-15(27)14(26)11(8-24)28-18/h9-11,14-15,18,24-27H,2-5,8H2,1H3,(H2,19,21,22)/t10?,11-,14?,15?,18-/m1/s1. The summed E-state index contributed by atoms with van der Waals surface area (Å²) >= 11 is 0. The Morgan fingerprint density at radius 3 is 2.75 bits per heavy atom. The lowest BCUT2D eigenvalue weighted by Gasteiger charge is -2.16. The maximum atomic E-state index is 10.2. The van der Waals surface area contributed by atoms with E-state index in [-0.39, 0.29) is 17.3 Å². The molecule has 0 aromatic carbocycles. The van der Waals surface area contributed by atoms with Gasteiger partial charge in [0.15, 0.2) is 17.7 Å². The second-order valence-corrected chi connectivity index (χ2v) is 6.77. The Morgan fingerprint density at radius 2 is 2.07 bits per heavy atom. The lowest BCUT2D eigenvalue weighted by molar-refractivity contribution is -0.0511. The van der Waals surface area contributed by atoms with Crippen LogP contribution in [0, 0.1) is 11.8 Å². The number of hydrogen-bond acceptors (Lipinski definition) is 9. The largest absolute Gasteiger partial charge is 0.394 e. The molecule has 5 atom stereocenters. The minimum Gasteiger partial charge on any atom is -0.394 e. The van der Waals surface area contributed by atoms with Crippen LogP contribution in [0.5, 0.6) is 0 Å². The number of unbranched alkanes of at least 4 members (excludes halogenated alkanes) is 2. The molecule has 28 heavy (non-hydrogen) atoms. The highest BCUT2D eigenvalue weighted by molar-refractivity contribution is 5.82. The summed E-state index contributed by atoms with van der Waals surface area (Å²) in [5.41, 5.74) is 6.51. The van der Waals surface area contributed by atoms with Gasteiger partial charge in [0.1, 0.15) is 29.9 Å². The summed E-state index contributed by atoms with van der Waals surface area (Å²) in [7, 11) is 0. The van der Waals surface area contributed by atoms with Crippen LogP contribution in [0.15, 0.2) is 6.33 Å². The van der Waals surface area contributed by atoms with Gasteiger partial charge in [0.2, 0.25) is 5.82 Å². The monoisotopic (exact) mass is 391 g/mol. The predicted octanol–water partition coefficient (Wildman–Crippen LogP) is -0.687. The Labute approximate surface area is 162 Å². The maximum Gasteiger partial charge on any atom is 0.209 e. The van der Waals surface area contributed by atoms with E-state index in [4.69, 9.17) is 10.5 Å². The molecule has 6 N–H and O–H groups in total. The van der Waals surface area contributed by atoms with E-state index < -0.39 is 37.3 Å². The highest BCUT2D eigenvalue weighted by Gasteiger charge is 2.44. The Morgan fingerprint density at radius 1 is 1.29 bits per heavy atom. The van der Waals surface area contributed by atoms with Gasteiger partial charge in [-0.15, -0.1) is 0 Å². The lowest BCUT2D eigenvalue weighted by Crippen LogP contribution is -2.33. The highest BCUT2D eigenvalue weighted by atomic mass is 16.6. The third-order valence-electron chi connectivity index (χ3n) is 4.67. The number of aromatic nitrogens is 4. The van der Waals surface area contributed by atoms with Gasteiger partial charge in [0.05, 0.1) is 12.9 Å². The molecule has 1 fully saturated rings. The SMILES string of the molecule is CCCCCC(O)C#Cc1nc(N)c2ncn([C@@H]3O[C@H](CO)C(O)C3O)c2n1. The summed E-state index contributed by atoms with van der Waals surface area (Å²) in [6, 6.07) is 0. The smallest absolute Gasteiger partial charge is 0.209 e. The lowest BCUT2D eigenvalue weighted by atomic mass is 10.1. The molecule has 3 unspecified atom stereocenters. The summed E-state index contributed by atoms with van der Waals surface area (Å²) in [6.45, 7) is 1.64. The Balaban J connectivity index is 1.88. The van der Waals surface area contributed by atoms with Crippen LogP contribution >= 0.6 is 0 Å². The van der Waals surface area contributed by atoms with E-state index >= 15 is 0 Å². The van der Waals surface area contributed by atoms with Crippen molar-refractivity contribution in [3.8, 4) is 11.8 Å². The molecule has 1 saturated heterocycles. The molecule has 2 aromatic rings. The first-order chi connectivity index (χ1) is 13.5. The van der Waals surface area contributed by atoms with Gasteiger partial charge in [-0.05, 0) is 18.8 Å². The third kappa shape index (κ3) is 4.09. The molecular weight excluding hydrogens is 366 g/mol. The van der Waals surface area contributed by atoms with E-state index in [1.54, 1.807) is 0 Å². The first kappa shape index (κ1) is 20.4. The Kier molecular flexibility index (Phi) is 6.43. The Bertz CT molecular complexity index is 876. The van der Waals surface area contributed by atoms with E-state index in [0.717, 1.165) is 19.3 Å². The molecule has 1 aliphatic rings. The van der Waals surface area contributed by atoms with Crippen LogP contribution in [0.4, 0.5) is 5.82 Å². The average Bonchev–Trinajstić information content (AvgIpc) is 3.22. The number of nitrogen functional groups attached to an aromatic ring is 1. The van der Waals surface area contributed by atoms with Crippen molar-refractivity contribution in [2.24, 2.45) is 0 Å². The average molecular weight is 391 g/mol. The fourth-order valence-electron chi connectivity index (χ4n) is 3.10. The molecular formula is C18H25N5O5. The quantitative estimate of drug-likeness (QED) is 0.317. The summed E-state index contributed by atoms with van der Waals surface area (Å²) < 4.78 is 6.93. The van der Waals surface area contributed by atoms with Gasteiger partial charge in [-0.2, -0.15) is 0 Å². The van der Waals surface area contributed by atoms with E-state index in [0.29, 0.717) is 11.9 Å².